The Morgan fingerprint density at radius 1 is 1.43 bits per heavy atom. The third-order valence-electron chi connectivity index (χ3n) is 1.34. The van der Waals surface area contributed by atoms with Crippen LogP contribution in [0.3, 0.4) is 0 Å². The van der Waals surface area contributed by atoms with Gasteiger partial charge in [0.1, 0.15) is 5.01 Å². The van der Waals surface area contributed by atoms with Crippen LogP contribution >= 0.6 is 11.3 Å². The van der Waals surface area contributed by atoms with Crippen LogP contribution in [0.5, 0.6) is 0 Å². The van der Waals surface area contributed by atoms with E-state index in [4.69, 9.17) is 4.74 Å². The molecular weight excluding hydrogens is 200 g/mol. The van der Waals surface area contributed by atoms with Crippen LogP contribution < -0.4 is 0 Å². The van der Waals surface area contributed by atoms with E-state index in [0.29, 0.717) is 11.6 Å². The number of nitrogens with zero attached hydrogens (tertiary/aromatic N) is 2. The van der Waals surface area contributed by atoms with Crippen LogP contribution in [-0.4, -0.2) is 22.8 Å². The molecule has 0 saturated heterocycles. The molecule has 0 amide bonds. The van der Waals surface area contributed by atoms with Crippen molar-refractivity contribution < 1.29 is 9.53 Å². The summed E-state index contributed by atoms with van der Waals surface area (Å²) in [7, 11) is 0. The number of ether oxygens (including phenoxy) is 1. The average Bonchev–Trinajstić information content (AvgIpc) is 2.46. The van der Waals surface area contributed by atoms with Gasteiger partial charge in [-0.25, -0.2) is 4.79 Å². The van der Waals surface area contributed by atoms with Gasteiger partial charge in [0.15, 0.2) is 0 Å². The number of hydrogen-bond acceptors (Lipinski definition) is 5. The molecule has 0 spiro atoms. The van der Waals surface area contributed by atoms with E-state index in [1.165, 1.54) is 11.3 Å². The molecule has 0 radical (unpaired) electrons. The molecule has 0 saturated carbocycles. The first-order valence-corrected chi connectivity index (χ1v) is 5.17. The standard InChI is InChI=1S/C9H14N2O2S/c1-6-10-11-7(14-6)8(12)13-5-9(2,3)4/h5H2,1-4H3. The number of carbonyl (C=O) groups excluding carboxylic acids is 1. The van der Waals surface area contributed by atoms with Crippen LogP contribution in [0.4, 0.5) is 0 Å². The molecule has 0 N–H and O–H groups in total. The Labute approximate surface area is 87.3 Å². The van der Waals surface area contributed by atoms with Crippen molar-refractivity contribution in [3.05, 3.63) is 10.0 Å². The molecule has 0 aliphatic rings. The minimum absolute atomic E-state index is 0.0185. The summed E-state index contributed by atoms with van der Waals surface area (Å²) in [6.45, 7) is 8.21. The van der Waals surface area contributed by atoms with Gasteiger partial charge in [0.2, 0.25) is 5.01 Å². The van der Waals surface area contributed by atoms with Gasteiger partial charge < -0.3 is 4.74 Å². The van der Waals surface area contributed by atoms with E-state index in [9.17, 15) is 4.79 Å². The molecule has 0 aromatic carbocycles. The summed E-state index contributed by atoms with van der Waals surface area (Å²) in [5.74, 6) is -0.384. The largest absolute Gasteiger partial charge is 0.460 e. The van der Waals surface area contributed by atoms with Crippen molar-refractivity contribution >= 4 is 17.3 Å². The van der Waals surface area contributed by atoms with Crippen LogP contribution in [0.25, 0.3) is 0 Å². The summed E-state index contributed by atoms with van der Waals surface area (Å²) in [6, 6.07) is 0. The lowest BCUT2D eigenvalue weighted by Crippen LogP contribution is -2.18. The van der Waals surface area contributed by atoms with E-state index < -0.39 is 0 Å². The minimum Gasteiger partial charge on any atom is -0.460 e. The molecule has 0 atom stereocenters. The van der Waals surface area contributed by atoms with Crippen LogP contribution in [-0.2, 0) is 4.74 Å². The van der Waals surface area contributed by atoms with E-state index in [1.54, 1.807) is 6.92 Å². The Kier molecular flexibility index (Phi) is 3.21. The van der Waals surface area contributed by atoms with E-state index >= 15 is 0 Å². The maximum Gasteiger partial charge on any atom is 0.369 e. The highest BCUT2D eigenvalue weighted by atomic mass is 32.1. The highest BCUT2D eigenvalue weighted by Crippen LogP contribution is 2.15. The second-order valence-electron chi connectivity index (χ2n) is 4.26. The maximum atomic E-state index is 11.4. The molecule has 0 aliphatic heterocycles. The molecule has 1 aromatic rings. The summed E-state index contributed by atoms with van der Waals surface area (Å²) >= 11 is 1.25. The van der Waals surface area contributed by atoms with Crippen molar-refractivity contribution in [3.8, 4) is 0 Å². The van der Waals surface area contributed by atoms with Crippen molar-refractivity contribution in [2.45, 2.75) is 27.7 Å². The molecule has 78 valence electrons. The number of hydrogen-bond donors (Lipinski definition) is 0. The van der Waals surface area contributed by atoms with Crippen LogP contribution in [0.15, 0.2) is 0 Å². The third-order valence-corrected chi connectivity index (χ3v) is 2.16. The van der Waals surface area contributed by atoms with Gasteiger partial charge in [-0.1, -0.05) is 32.1 Å². The highest BCUT2D eigenvalue weighted by Gasteiger charge is 2.17. The van der Waals surface area contributed by atoms with Gasteiger partial charge in [-0.05, 0) is 12.3 Å². The lowest BCUT2D eigenvalue weighted by molar-refractivity contribution is 0.0365. The van der Waals surface area contributed by atoms with Gasteiger partial charge in [0.25, 0.3) is 0 Å². The van der Waals surface area contributed by atoms with E-state index in [-0.39, 0.29) is 11.4 Å². The Bertz CT molecular complexity index is 328. The second-order valence-corrected chi connectivity index (χ2v) is 5.44. The Morgan fingerprint density at radius 3 is 2.50 bits per heavy atom. The molecule has 0 aliphatic carbocycles. The first-order chi connectivity index (χ1) is 6.38. The van der Waals surface area contributed by atoms with Crippen molar-refractivity contribution in [1.29, 1.82) is 0 Å². The third kappa shape index (κ3) is 3.41. The molecule has 0 unspecified atom stereocenters. The van der Waals surface area contributed by atoms with Crippen molar-refractivity contribution in [3.63, 3.8) is 0 Å². The van der Waals surface area contributed by atoms with Crippen LogP contribution in [0.2, 0.25) is 0 Å². The Hall–Kier alpha value is -0.970. The molecule has 0 fully saturated rings. The number of aromatic nitrogens is 2. The lowest BCUT2D eigenvalue weighted by atomic mass is 9.99. The smallest absolute Gasteiger partial charge is 0.369 e. The monoisotopic (exact) mass is 214 g/mol. The van der Waals surface area contributed by atoms with Crippen molar-refractivity contribution in [1.82, 2.24) is 10.2 Å². The summed E-state index contributed by atoms with van der Waals surface area (Å²) in [5, 5.41) is 8.56. The maximum absolute atomic E-state index is 11.4. The van der Waals surface area contributed by atoms with Gasteiger partial charge >= 0.3 is 5.97 Å². The Balaban J connectivity index is 2.52. The molecule has 14 heavy (non-hydrogen) atoms. The van der Waals surface area contributed by atoms with Gasteiger partial charge in [-0.2, -0.15) is 0 Å². The fraction of sp³-hybridized carbons (Fsp3) is 0.667. The summed E-state index contributed by atoms with van der Waals surface area (Å²) < 4.78 is 5.07. The van der Waals surface area contributed by atoms with Gasteiger partial charge in [0, 0.05) is 0 Å². The summed E-state index contributed by atoms with van der Waals surface area (Å²) in [4.78, 5) is 11.4. The van der Waals surface area contributed by atoms with E-state index in [1.807, 2.05) is 20.8 Å². The molecule has 1 heterocycles. The minimum atomic E-state index is -0.384. The lowest BCUT2D eigenvalue weighted by Gasteiger charge is -2.16. The molecule has 4 nitrogen and oxygen atoms in total. The predicted molar refractivity (Wildman–Crippen MR) is 54.4 cm³/mol. The summed E-state index contributed by atoms with van der Waals surface area (Å²) in [6.07, 6.45) is 0. The Morgan fingerprint density at radius 2 is 2.07 bits per heavy atom. The van der Waals surface area contributed by atoms with Crippen molar-refractivity contribution in [2.24, 2.45) is 5.41 Å². The van der Waals surface area contributed by atoms with Crippen LogP contribution in [0, 0.1) is 12.3 Å². The zero-order valence-electron chi connectivity index (χ0n) is 8.83. The topological polar surface area (TPSA) is 52.1 Å². The number of rotatable bonds is 2. The van der Waals surface area contributed by atoms with Gasteiger partial charge in [0.05, 0.1) is 6.61 Å². The molecular formula is C9H14N2O2S. The highest BCUT2D eigenvalue weighted by molar-refractivity contribution is 7.13. The molecule has 0 bridgehead atoms. The van der Waals surface area contributed by atoms with Crippen molar-refractivity contribution in [2.75, 3.05) is 6.61 Å². The second kappa shape index (κ2) is 4.04. The van der Waals surface area contributed by atoms with Gasteiger partial charge in [-0.15, -0.1) is 10.2 Å². The fourth-order valence-electron chi connectivity index (χ4n) is 0.723. The molecule has 1 rings (SSSR count). The summed E-state index contributed by atoms with van der Waals surface area (Å²) in [5.41, 5.74) is -0.0185. The molecule has 1 aromatic heterocycles. The normalized spacial score (nSPS) is 11.4. The fourth-order valence-corrected chi connectivity index (χ4v) is 1.31. The van der Waals surface area contributed by atoms with E-state index in [2.05, 4.69) is 10.2 Å². The predicted octanol–water partition coefficient (Wildman–Crippen LogP) is 2.05. The number of carbonyl (C=O) groups is 1. The average molecular weight is 214 g/mol. The number of aryl methyl sites for hydroxylation is 1. The SMILES string of the molecule is Cc1nnc(C(=O)OCC(C)(C)C)s1. The van der Waals surface area contributed by atoms with E-state index in [0.717, 1.165) is 5.01 Å². The zero-order valence-corrected chi connectivity index (χ0v) is 9.64. The molecule has 5 heteroatoms. The first kappa shape index (κ1) is 11.1. The quantitative estimate of drug-likeness (QED) is 0.707. The zero-order chi connectivity index (χ0) is 10.8. The van der Waals surface area contributed by atoms with Crippen LogP contribution in [0.1, 0.15) is 35.6 Å². The van der Waals surface area contributed by atoms with Gasteiger partial charge in [-0.3, -0.25) is 0 Å². The first-order valence-electron chi connectivity index (χ1n) is 4.36. The number of esters is 1.